The standard InChI is InChI=1S/C22H32N4/c1-2-25-13-10-18(17-25)15-23-16-20-14-19-8-4-5-9-21(19)24-22(20)26-11-6-3-7-12-26/h4-5,8-9,14,18,23H,2-3,6-7,10-13,15-17H2,1H3. The quantitative estimate of drug-likeness (QED) is 0.860. The van der Waals surface area contributed by atoms with Crippen molar-refractivity contribution in [1.82, 2.24) is 15.2 Å². The molecule has 0 spiro atoms. The Bertz CT molecular complexity index is 723. The number of hydrogen-bond donors (Lipinski definition) is 1. The van der Waals surface area contributed by atoms with E-state index in [1.54, 1.807) is 0 Å². The lowest BCUT2D eigenvalue weighted by Crippen LogP contribution is -2.32. The number of para-hydroxylation sites is 1. The summed E-state index contributed by atoms with van der Waals surface area (Å²) in [4.78, 5) is 10.1. The summed E-state index contributed by atoms with van der Waals surface area (Å²) in [5, 5.41) is 4.99. The number of anilines is 1. The Morgan fingerprint density at radius 1 is 1.12 bits per heavy atom. The van der Waals surface area contributed by atoms with E-state index in [2.05, 4.69) is 52.4 Å². The lowest BCUT2D eigenvalue weighted by atomic mass is 10.1. The van der Waals surface area contributed by atoms with Gasteiger partial charge < -0.3 is 15.1 Å². The SMILES string of the molecule is CCN1CCC(CNCc2cc3ccccc3nc2N2CCCCC2)C1. The van der Waals surface area contributed by atoms with Crippen LogP contribution in [-0.4, -0.2) is 49.2 Å². The highest BCUT2D eigenvalue weighted by atomic mass is 15.2. The maximum Gasteiger partial charge on any atom is 0.133 e. The molecule has 2 aromatic rings. The van der Waals surface area contributed by atoms with Gasteiger partial charge in [0.1, 0.15) is 5.82 Å². The number of pyridine rings is 1. The van der Waals surface area contributed by atoms with Gasteiger partial charge in [-0.2, -0.15) is 0 Å². The fraction of sp³-hybridized carbons (Fsp3) is 0.591. The Balaban J connectivity index is 1.48. The molecule has 3 heterocycles. The maximum absolute atomic E-state index is 5.05. The molecule has 1 aromatic heterocycles. The highest BCUT2D eigenvalue weighted by Crippen LogP contribution is 2.26. The van der Waals surface area contributed by atoms with Gasteiger partial charge in [0.25, 0.3) is 0 Å². The Labute approximate surface area is 157 Å². The second-order valence-electron chi connectivity index (χ2n) is 7.89. The largest absolute Gasteiger partial charge is 0.356 e. The van der Waals surface area contributed by atoms with E-state index in [1.807, 2.05) is 0 Å². The van der Waals surface area contributed by atoms with Gasteiger partial charge in [-0.05, 0) is 63.4 Å². The van der Waals surface area contributed by atoms with Crippen molar-refractivity contribution in [3.05, 3.63) is 35.9 Å². The second kappa shape index (κ2) is 8.36. The van der Waals surface area contributed by atoms with Crippen molar-refractivity contribution in [2.45, 2.75) is 39.2 Å². The second-order valence-corrected chi connectivity index (χ2v) is 7.89. The minimum Gasteiger partial charge on any atom is -0.356 e. The van der Waals surface area contributed by atoms with Gasteiger partial charge in [-0.1, -0.05) is 25.1 Å². The summed E-state index contributed by atoms with van der Waals surface area (Å²) in [5.74, 6) is 2.00. The Morgan fingerprint density at radius 3 is 2.77 bits per heavy atom. The maximum atomic E-state index is 5.05. The molecule has 2 fully saturated rings. The number of aromatic nitrogens is 1. The molecule has 1 aromatic carbocycles. The third-order valence-electron chi connectivity index (χ3n) is 6.00. The van der Waals surface area contributed by atoms with Gasteiger partial charge in [0, 0.05) is 37.1 Å². The Morgan fingerprint density at radius 2 is 1.96 bits per heavy atom. The van der Waals surface area contributed by atoms with E-state index in [4.69, 9.17) is 4.98 Å². The van der Waals surface area contributed by atoms with Crippen molar-refractivity contribution < 1.29 is 0 Å². The Kier molecular flexibility index (Phi) is 5.71. The van der Waals surface area contributed by atoms with Crippen molar-refractivity contribution in [2.75, 3.05) is 44.2 Å². The van der Waals surface area contributed by atoms with Gasteiger partial charge in [0.2, 0.25) is 0 Å². The number of benzene rings is 1. The number of fused-ring (bicyclic) bond motifs is 1. The van der Waals surface area contributed by atoms with Crippen LogP contribution in [0.2, 0.25) is 0 Å². The molecule has 26 heavy (non-hydrogen) atoms. The first-order valence-electron chi connectivity index (χ1n) is 10.4. The number of nitrogens with one attached hydrogen (secondary N) is 1. The summed E-state index contributed by atoms with van der Waals surface area (Å²) >= 11 is 0. The summed E-state index contributed by atoms with van der Waals surface area (Å²) < 4.78 is 0. The number of hydrogen-bond acceptors (Lipinski definition) is 4. The fourth-order valence-electron chi connectivity index (χ4n) is 4.44. The molecule has 1 unspecified atom stereocenters. The first kappa shape index (κ1) is 17.7. The molecule has 1 atom stereocenters. The van der Waals surface area contributed by atoms with Crippen LogP contribution in [0.3, 0.4) is 0 Å². The van der Waals surface area contributed by atoms with Crippen LogP contribution >= 0.6 is 0 Å². The zero-order chi connectivity index (χ0) is 17.8. The van der Waals surface area contributed by atoms with Crippen molar-refractivity contribution in [3.8, 4) is 0 Å². The number of nitrogens with zero attached hydrogens (tertiary/aromatic N) is 3. The van der Waals surface area contributed by atoms with Gasteiger partial charge in [-0.15, -0.1) is 0 Å². The van der Waals surface area contributed by atoms with Crippen LogP contribution in [0.25, 0.3) is 10.9 Å². The van der Waals surface area contributed by atoms with Crippen LogP contribution in [0, 0.1) is 5.92 Å². The van der Waals surface area contributed by atoms with Gasteiger partial charge in [0.05, 0.1) is 5.52 Å². The lowest BCUT2D eigenvalue weighted by molar-refractivity contribution is 0.339. The average molecular weight is 353 g/mol. The summed E-state index contributed by atoms with van der Waals surface area (Å²) in [6.07, 6.45) is 5.26. The van der Waals surface area contributed by atoms with Crippen molar-refractivity contribution in [2.24, 2.45) is 5.92 Å². The van der Waals surface area contributed by atoms with E-state index in [0.29, 0.717) is 0 Å². The van der Waals surface area contributed by atoms with E-state index in [-0.39, 0.29) is 0 Å². The first-order valence-corrected chi connectivity index (χ1v) is 10.4. The van der Waals surface area contributed by atoms with E-state index in [0.717, 1.165) is 37.6 Å². The molecular formula is C22H32N4. The van der Waals surface area contributed by atoms with Crippen LogP contribution in [0.4, 0.5) is 5.82 Å². The third kappa shape index (κ3) is 4.02. The predicted molar refractivity (Wildman–Crippen MR) is 110 cm³/mol. The molecule has 0 aliphatic carbocycles. The monoisotopic (exact) mass is 352 g/mol. The van der Waals surface area contributed by atoms with Crippen LogP contribution in [0.5, 0.6) is 0 Å². The minimum atomic E-state index is 0.793. The minimum absolute atomic E-state index is 0.793. The first-order chi connectivity index (χ1) is 12.8. The Hall–Kier alpha value is -1.65. The molecule has 0 bridgehead atoms. The molecule has 4 heteroatoms. The number of piperidine rings is 1. The molecular weight excluding hydrogens is 320 g/mol. The smallest absolute Gasteiger partial charge is 0.133 e. The van der Waals surface area contributed by atoms with Gasteiger partial charge in [-0.3, -0.25) is 0 Å². The molecule has 2 saturated heterocycles. The highest BCUT2D eigenvalue weighted by Gasteiger charge is 2.21. The fourth-order valence-corrected chi connectivity index (χ4v) is 4.44. The van der Waals surface area contributed by atoms with E-state index in [1.165, 1.54) is 62.1 Å². The van der Waals surface area contributed by atoms with Crippen molar-refractivity contribution in [3.63, 3.8) is 0 Å². The molecule has 0 amide bonds. The zero-order valence-corrected chi connectivity index (χ0v) is 16.1. The number of likely N-dealkylation sites (tertiary alicyclic amines) is 1. The topological polar surface area (TPSA) is 31.4 Å². The summed E-state index contributed by atoms with van der Waals surface area (Å²) in [6.45, 7) is 10.3. The molecule has 140 valence electrons. The molecule has 0 radical (unpaired) electrons. The molecule has 0 saturated carbocycles. The highest BCUT2D eigenvalue weighted by molar-refractivity contribution is 5.81. The van der Waals surface area contributed by atoms with Crippen LogP contribution in [-0.2, 0) is 6.54 Å². The molecule has 2 aliphatic heterocycles. The zero-order valence-electron chi connectivity index (χ0n) is 16.1. The molecule has 4 rings (SSSR count). The van der Waals surface area contributed by atoms with Gasteiger partial charge >= 0.3 is 0 Å². The summed E-state index contributed by atoms with van der Waals surface area (Å²) in [5.41, 5.74) is 2.47. The van der Waals surface area contributed by atoms with Crippen LogP contribution < -0.4 is 10.2 Å². The van der Waals surface area contributed by atoms with E-state index in [9.17, 15) is 0 Å². The molecule has 1 N–H and O–H groups in total. The number of rotatable bonds is 6. The normalized spacial score (nSPS) is 21.6. The predicted octanol–water partition coefficient (Wildman–Crippen LogP) is 3.66. The third-order valence-corrected chi connectivity index (χ3v) is 6.00. The van der Waals surface area contributed by atoms with E-state index < -0.39 is 0 Å². The van der Waals surface area contributed by atoms with Gasteiger partial charge in [0.15, 0.2) is 0 Å². The summed E-state index contributed by atoms with van der Waals surface area (Å²) in [6, 6.07) is 10.9. The van der Waals surface area contributed by atoms with Crippen LogP contribution in [0.15, 0.2) is 30.3 Å². The van der Waals surface area contributed by atoms with Crippen LogP contribution in [0.1, 0.15) is 38.2 Å². The van der Waals surface area contributed by atoms with E-state index >= 15 is 0 Å². The molecule has 4 nitrogen and oxygen atoms in total. The lowest BCUT2D eigenvalue weighted by Gasteiger charge is -2.30. The van der Waals surface area contributed by atoms with Gasteiger partial charge in [-0.25, -0.2) is 4.98 Å². The van der Waals surface area contributed by atoms with Crippen molar-refractivity contribution in [1.29, 1.82) is 0 Å². The summed E-state index contributed by atoms with van der Waals surface area (Å²) in [7, 11) is 0. The molecule has 2 aliphatic rings. The average Bonchev–Trinajstić information content (AvgIpc) is 3.16. The van der Waals surface area contributed by atoms with Crippen molar-refractivity contribution >= 4 is 16.7 Å².